The monoisotopic (exact) mass is 429 g/mol. The highest BCUT2D eigenvalue weighted by Gasteiger charge is 2.22. The van der Waals surface area contributed by atoms with E-state index >= 15 is 0 Å². The fourth-order valence-electron chi connectivity index (χ4n) is 3.46. The van der Waals surface area contributed by atoms with E-state index in [-0.39, 0.29) is 21.5 Å². The molecule has 0 amide bonds. The summed E-state index contributed by atoms with van der Waals surface area (Å²) in [5.74, 6) is 0.449. The van der Waals surface area contributed by atoms with Crippen molar-refractivity contribution in [3.63, 3.8) is 0 Å². The summed E-state index contributed by atoms with van der Waals surface area (Å²) in [6.07, 6.45) is -1.21. The van der Waals surface area contributed by atoms with Crippen molar-refractivity contribution in [2.24, 2.45) is 7.05 Å². The molecule has 0 aliphatic heterocycles. The van der Waals surface area contributed by atoms with E-state index in [1.54, 1.807) is 49.1 Å². The molecule has 0 atom stereocenters. The van der Waals surface area contributed by atoms with Gasteiger partial charge in [-0.1, -0.05) is 12.1 Å². The molecule has 3 aromatic heterocycles. The molecular formula is C20H17F2N5O2S. The molecule has 0 saturated heterocycles. The number of alkyl halides is 2. The van der Waals surface area contributed by atoms with Crippen LogP contribution in [0.15, 0.2) is 41.3 Å². The van der Waals surface area contributed by atoms with Crippen molar-refractivity contribution in [1.29, 1.82) is 0 Å². The normalized spacial score (nSPS) is 11.4. The van der Waals surface area contributed by atoms with E-state index in [4.69, 9.17) is 17.0 Å². The summed E-state index contributed by atoms with van der Waals surface area (Å²) >= 11 is 5.36. The Bertz CT molecular complexity index is 1390. The molecule has 0 fully saturated rings. The second kappa shape index (κ2) is 7.45. The molecule has 0 aliphatic carbocycles. The number of aryl methyl sites for hydroxylation is 2. The predicted octanol–water partition coefficient (Wildman–Crippen LogP) is 4.10. The van der Waals surface area contributed by atoms with Gasteiger partial charge in [0.1, 0.15) is 5.75 Å². The maximum Gasteiger partial charge on any atom is 0.264 e. The number of aromatic nitrogens is 5. The topological polar surface area (TPSA) is 77.7 Å². The Morgan fingerprint density at radius 3 is 2.63 bits per heavy atom. The average molecular weight is 429 g/mol. The largest absolute Gasteiger partial charge is 0.495 e. The Morgan fingerprint density at radius 1 is 1.27 bits per heavy atom. The SMILES string of the molecule is COc1ccccc1-n1c(=S)[nH]c(=O)c2c(C(F)F)cc(-c3cn(C)nc3C)nc21. The molecule has 154 valence electrons. The van der Waals surface area contributed by atoms with E-state index < -0.39 is 17.5 Å². The average Bonchev–Trinajstić information content (AvgIpc) is 3.05. The fraction of sp³-hybridized carbons (Fsp3) is 0.200. The third-order valence-corrected chi connectivity index (χ3v) is 5.03. The highest BCUT2D eigenvalue weighted by molar-refractivity contribution is 7.71. The van der Waals surface area contributed by atoms with Crippen molar-refractivity contribution in [2.75, 3.05) is 7.11 Å². The fourth-order valence-corrected chi connectivity index (χ4v) is 3.73. The van der Waals surface area contributed by atoms with Crippen molar-refractivity contribution >= 4 is 23.3 Å². The molecule has 1 N–H and O–H groups in total. The lowest BCUT2D eigenvalue weighted by Gasteiger charge is -2.16. The Labute approximate surface area is 174 Å². The summed E-state index contributed by atoms with van der Waals surface area (Å²) in [6.45, 7) is 1.76. The summed E-state index contributed by atoms with van der Waals surface area (Å²) in [5.41, 5.74) is 0.808. The predicted molar refractivity (Wildman–Crippen MR) is 111 cm³/mol. The van der Waals surface area contributed by atoms with E-state index in [9.17, 15) is 13.6 Å². The number of ether oxygens (including phenoxy) is 1. The molecular weight excluding hydrogens is 412 g/mol. The Balaban J connectivity index is 2.20. The first-order valence-corrected chi connectivity index (χ1v) is 9.34. The smallest absolute Gasteiger partial charge is 0.264 e. The molecule has 7 nitrogen and oxygen atoms in total. The molecule has 0 saturated carbocycles. The van der Waals surface area contributed by atoms with Crippen molar-refractivity contribution in [3.05, 3.63) is 62.9 Å². The van der Waals surface area contributed by atoms with Crippen LogP contribution in [0.2, 0.25) is 0 Å². The maximum atomic E-state index is 14.0. The van der Waals surface area contributed by atoms with Crippen LogP contribution in [0.25, 0.3) is 28.0 Å². The van der Waals surface area contributed by atoms with Crippen LogP contribution in [-0.2, 0) is 7.05 Å². The molecule has 0 bridgehead atoms. The number of hydrogen-bond donors (Lipinski definition) is 1. The molecule has 0 spiro atoms. The summed E-state index contributed by atoms with van der Waals surface area (Å²) in [5, 5.41) is 4.03. The summed E-state index contributed by atoms with van der Waals surface area (Å²) < 4.78 is 36.4. The van der Waals surface area contributed by atoms with Gasteiger partial charge in [0.05, 0.1) is 29.6 Å². The molecule has 4 aromatic rings. The highest BCUT2D eigenvalue weighted by atomic mass is 32.1. The van der Waals surface area contributed by atoms with E-state index in [1.165, 1.54) is 17.7 Å². The second-order valence-corrected chi connectivity index (χ2v) is 7.05. The van der Waals surface area contributed by atoms with Gasteiger partial charge in [0.15, 0.2) is 10.4 Å². The molecule has 1 aromatic carbocycles. The molecule has 30 heavy (non-hydrogen) atoms. The minimum Gasteiger partial charge on any atom is -0.495 e. The number of halogens is 2. The number of H-pyrrole nitrogens is 1. The van der Waals surface area contributed by atoms with Gasteiger partial charge in [-0.25, -0.2) is 13.8 Å². The van der Waals surface area contributed by atoms with Gasteiger partial charge in [0, 0.05) is 24.4 Å². The van der Waals surface area contributed by atoms with E-state index in [0.29, 0.717) is 22.7 Å². The van der Waals surface area contributed by atoms with Gasteiger partial charge in [0.25, 0.3) is 12.0 Å². The van der Waals surface area contributed by atoms with Gasteiger partial charge in [0.2, 0.25) is 0 Å². The van der Waals surface area contributed by atoms with Gasteiger partial charge in [-0.2, -0.15) is 5.10 Å². The van der Waals surface area contributed by atoms with Gasteiger partial charge in [-0.05, 0) is 37.3 Å². The van der Waals surface area contributed by atoms with E-state index in [1.807, 2.05) is 0 Å². The number of aromatic amines is 1. The van der Waals surface area contributed by atoms with Crippen molar-refractivity contribution in [3.8, 4) is 22.7 Å². The number of pyridine rings is 1. The van der Waals surface area contributed by atoms with Crippen molar-refractivity contribution in [1.82, 2.24) is 24.3 Å². The summed E-state index contributed by atoms with van der Waals surface area (Å²) in [6, 6.07) is 8.15. The summed E-state index contributed by atoms with van der Waals surface area (Å²) in [4.78, 5) is 19.7. The second-order valence-electron chi connectivity index (χ2n) is 6.66. The molecule has 3 heterocycles. The Hall–Kier alpha value is -3.40. The summed E-state index contributed by atoms with van der Waals surface area (Å²) in [7, 11) is 3.21. The molecule has 0 radical (unpaired) electrons. The van der Waals surface area contributed by atoms with E-state index in [2.05, 4.69) is 15.1 Å². The minimum absolute atomic E-state index is 0.0179. The third kappa shape index (κ3) is 3.18. The standard InChI is InChI=1S/C20H17F2N5O2S/c1-10-12(9-26(2)25-10)13-8-11(17(21)22)16-18(23-13)27(20(30)24-19(16)28)14-6-4-5-7-15(14)29-3/h4-9,17H,1-3H3,(H,24,28,30). The van der Waals surface area contributed by atoms with Crippen LogP contribution in [0, 0.1) is 11.7 Å². The van der Waals surface area contributed by atoms with Gasteiger partial charge < -0.3 is 4.74 Å². The first-order chi connectivity index (χ1) is 14.3. The van der Waals surface area contributed by atoms with Crippen LogP contribution in [0.4, 0.5) is 8.78 Å². The first kappa shape index (κ1) is 19.9. The zero-order chi connectivity index (χ0) is 21.6. The van der Waals surface area contributed by atoms with Crippen LogP contribution in [0.1, 0.15) is 17.7 Å². The number of benzene rings is 1. The van der Waals surface area contributed by atoms with E-state index in [0.717, 1.165) is 0 Å². The van der Waals surface area contributed by atoms with Crippen LogP contribution in [0.3, 0.4) is 0 Å². The quantitative estimate of drug-likeness (QED) is 0.494. The minimum atomic E-state index is -2.89. The molecule has 10 heteroatoms. The number of fused-ring (bicyclic) bond motifs is 1. The molecule has 0 aliphatic rings. The third-order valence-electron chi connectivity index (χ3n) is 4.74. The lowest BCUT2D eigenvalue weighted by Crippen LogP contribution is -2.17. The number of para-hydroxylation sites is 2. The van der Waals surface area contributed by atoms with Crippen LogP contribution in [0.5, 0.6) is 5.75 Å². The Kier molecular flexibility index (Phi) is 4.94. The number of rotatable bonds is 4. The Morgan fingerprint density at radius 2 is 2.00 bits per heavy atom. The number of methoxy groups -OCH3 is 1. The van der Waals surface area contributed by atoms with Crippen molar-refractivity contribution < 1.29 is 13.5 Å². The number of hydrogen-bond acceptors (Lipinski definition) is 5. The first-order valence-electron chi connectivity index (χ1n) is 8.94. The number of nitrogens with one attached hydrogen (secondary N) is 1. The van der Waals surface area contributed by atoms with Crippen LogP contribution in [-0.4, -0.2) is 31.4 Å². The maximum absolute atomic E-state index is 14.0. The zero-order valence-corrected chi connectivity index (χ0v) is 17.1. The molecule has 0 unspecified atom stereocenters. The highest BCUT2D eigenvalue weighted by Crippen LogP contribution is 2.32. The van der Waals surface area contributed by atoms with Gasteiger partial charge >= 0.3 is 0 Å². The zero-order valence-electron chi connectivity index (χ0n) is 16.3. The molecule has 4 rings (SSSR count). The van der Waals surface area contributed by atoms with Crippen LogP contribution < -0.4 is 10.3 Å². The van der Waals surface area contributed by atoms with Gasteiger partial charge in [-0.15, -0.1) is 0 Å². The lowest BCUT2D eigenvalue weighted by molar-refractivity contribution is 0.153. The lowest BCUT2D eigenvalue weighted by atomic mass is 10.1. The number of nitrogens with zero attached hydrogens (tertiary/aromatic N) is 4. The van der Waals surface area contributed by atoms with Gasteiger partial charge in [-0.3, -0.25) is 19.0 Å². The van der Waals surface area contributed by atoms with Crippen LogP contribution >= 0.6 is 12.2 Å². The van der Waals surface area contributed by atoms with Crippen molar-refractivity contribution in [2.45, 2.75) is 13.3 Å².